The van der Waals surface area contributed by atoms with Crippen molar-refractivity contribution in [3.05, 3.63) is 65.6 Å². The zero-order valence-corrected chi connectivity index (χ0v) is 20.0. The first-order valence-corrected chi connectivity index (χ1v) is 10.4. The number of halogens is 1. The highest BCUT2D eigenvalue weighted by atomic mass is 127. The Morgan fingerprint density at radius 2 is 1.81 bits per heavy atom. The van der Waals surface area contributed by atoms with Crippen LogP contribution in [0.1, 0.15) is 36.7 Å². The SMILES string of the molecule is CCNC(=NCc1nnc2ccccn12)NCCCC(=O)N1Cc2ccccc2C1.I. The van der Waals surface area contributed by atoms with Crippen LogP contribution in [0.2, 0.25) is 0 Å². The van der Waals surface area contributed by atoms with Crippen LogP contribution >= 0.6 is 24.0 Å². The molecule has 0 aliphatic carbocycles. The highest BCUT2D eigenvalue weighted by Crippen LogP contribution is 2.22. The molecule has 1 aliphatic rings. The van der Waals surface area contributed by atoms with Crippen LogP contribution in [0, 0.1) is 0 Å². The summed E-state index contributed by atoms with van der Waals surface area (Å²) in [7, 11) is 0. The molecule has 2 aromatic heterocycles. The molecule has 0 spiro atoms. The minimum absolute atomic E-state index is 0. The van der Waals surface area contributed by atoms with Crippen molar-refractivity contribution in [3.8, 4) is 0 Å². The third kappa shape index (κ3) is 5.72. The average Bonchev–Trinajstić information content (AvgIpc) is 3.39. The first-order chi connectivity index (χ1) is 14.7. The number of nitrogens with one attached hydrogen (secondary N) is 2. The predicted octanol–water partition coefficient (Wildman–Crippen LogP) is 2.73. The molecule has 31 heavy (non-hydrogen) atoms. The number of benzene rings is 1. The first kappa shape index (κ1) is 23.0. The van der Waals surface area contributed by atoms with Gasteiger partial charge in [0.25, 0.3) is 0 Å². The van der Waals surface area contributed by atoms with Gasteiger partial charge in [0.15, 0.2) is 17.4 Å². The zero-order valence-electron chi connectivity index (χ0n) is 17.6. The van der Waals surface area contributed by atoms with Gasteiger partial charge in [0.2, 0.25) is 5.91 Å². The van der Waals surface area contributed by atoms with E-state index in [2.05, 4.69) is 38.0 Å². The normalized spacial score (nSPS) is 13.1. The smallest absolute Gasteiger partial charge is 0.223 e. The number of hydrogen-bond donors (Lipinski definition) is 2. The molecule has 0 bridgehead atoms. The van der Waals surface area contributed by atoms with E-state index in [-0.39, 0.29) is 29.9 Å². The van der Waals surface area contributed by atoms with E-state index in [1.54, 1.807) is 0 Å². The van der Waals surface area contributed by atoms with Gasteiger partial charge in [0.05, 0.1) is 0 Å². The van der Waals surface area contributed by atoms with Gasteiger partial charge in [0.1, 0.15) is 6.54 Å². The lowest BCUT2D eigenvalue weighted by Crippen LogP contribution is -2.38. The molecule has 0 radical (unpaired) electrons. The average molecular weight is 533 g/mol. The molecule has 1 aromatic carbocycles. The van der Waals surface area contributed by atoms with Gasteiger partial charge in [-0.2, -0.15) is 0 Å². The molecule has 9 heteroatoms. The van der Waals surface area contributed by atoms with E-state index in [1.165, 1.54) is 11.1 Å². The Labute approximate surface area is 199 Å². The molecule has 3 aromatic rings. The van der Waals surface area contributed by atoms with Gasteiger partial charge in [-0.15, -0.1) is 34.2 Å². The molecule has 0 saturated heterocycles. The highest BCUT2D eigenvalue weighted by Gasteiger charge is 2.22. The number of guanidine groups is 1. The number of carbonyl (C=O) groups excluding carboxylic acids is 1. The maximum Gasteiger partial charge on any atom is 0.223 e. The summed E-state index contributed by atoms with van der Waals surface area (Å²) in [6, 6.07) is 14.1. The van der Waals surface area contributed by atoms with Gasteiger partial charge in [-0.25, -0.2) is 4.99 Å². The fraction of sp³-hybridized carbons (Fsp3) is 0.364. The summed E-state index contributed by atoms with van der Waals surface area (Å²) in [5, 5.41) is 14.9. The molecule has 1 aliphatic heterocycles. The number of nitrogens with zero attached hydrogens (tertiary/aromatic N) is 5. The van der Waals surface area contributed by atoms with E-state index in [9.17, 15) is 4.79 Å². The molecule has 0 fully saturated rings. The van der Waals surface area contributed by atoms with E-state index in [0.717, 1.165) is 37.5 Å². The number of aliphatic imine (C=N–C) groups is 1. The van der Waals surface area contributed by atoms with Crippen LogP contribution in [0.3, 0.4) is 0 Å². The fourth-order valence-electron chi connectivity index (χ4n) is 3.60. The van der Waals surface area contributed by atoms with Crippen molar-refractivity contribution in [2.75, 3.05) is 13.1 Å². The van der Waals surface area contributed by atoms with Crippen LogP contribution in [0.4, 0.5) is 0 Å². The van der Waals surface area contributed by atoms with E-state index >= 15 is 0 Å². The first-order valence-electron chi connectivity index (χ1n) is 10.4. The number of pyridine rings is 1. The van der Waals surface area contributed by atoms with Gasteiger partial charge < -0.3 is 15.5 Å². The summed E-state index contributed by atoms with van der Waals surface area (Å²) in [4.78, 5) is 19.1. The minimum atomic E-state index is 0. The summed E-state index contributed by atoms with van der Waals surface area (Å²) in [5.74, 6) is 1.70. The van der Waals surface area contributed by atoms with Crippen molar-refractivity contribution >= 4 is 41.5 Å². The highest BCUT2D eigenvalue weighted by molar-refractivity contribution is 14.0. The molecule has 0 atom stereocenters. The number of amides is 1. The van der Waals surface area contributed by atoms with Gasteiger partial charge >= 0.3 is 0 Å². The van der Waals surface area contributed by atoms with Crippen molar-refractivity contribution < 1.29 is 4.79 Å². The third-order valence-corrected chi connectivity index (χ3v) is 5.16. The molecule has 8 nitrogen and oxygen atoms in total. The van der Waals surface area contributed by atoms with Crippen LogP contribution in [0.5, 0.6) is 0 Å². The second-order valence-corrected chi connectivity index (χ2v) is 7.29. The fourth-order valence-corrected chi connectivity index (χ4v) is 3.60. The van der Waals surface area contributed by atoms with Crippen molar-refractivity contribution in [1.82, 2.24) is 30.1 Å². The lowest BCUT2D eigenvalue weighted by molar-refractivity contribution is -0.131. The number of rotatable bonds is 7. The van der Waals surface area contributed by atoms with Gasteiger partial charge in [-0.05, 0) is 36.6 Å². The van der Waals surface area contributed by atoms with Crippen molar-refractivity contribution in [3.63, 3.8) is 0 Å². The number of aromatic nitrogens is 3. The maximum atomic E-state index is 12.5. The molecule has 4 rings (SSSR count). The number of fused-ring (bicyclic) bond motifs is 2. The second kappa shape index (κ2) is 11.1. The Hall–Kier alpha value is -2.69. The standard InChI is InChI=1S/C22H27N7O.HI/c1-2-23-22(25-14-20-27-26-19-10-5-6-13-29(19)20)24-12-7-11-21(30)28-15-17-8-3-4-9-18(17)16-28;/h3-6,8-10,13H,2,7,11-12,14-16H2,1H3,(H2,23,24,25);1H. The second-order valence-electron chi connectivity index (χ2n) is 7.29. The van der Waals surface area contributed by atoms with Crippen molar-refractivity contribution in [1.29, 1.82) is 0 Å². The molecular weight excluding hydrogens is 505 g/mol. The van der Waals surface area contributed by atoms with Gasteiger partial charge in [0, 0.05) is 38.8 Å². The van der Waals surface area contributed by atoms with Crippen molar-refractivity contribution in [2.45, 2.75) is 39.4 Å². The summed E-state index contributed by atoms with van der Waals surface area (Å²) < 4.78 is 1.93. The summed E-state index contributed by atoms with van der Waals surface area (Å²) in [6.07, 6.45) is 3.21. The zero-order chi connectivity index (χ0) is 20.8. The molecular formula is C22H28IN7O. The molecule has 2 N–H and O–H groups in total. The Morgan fingerprint density at radius 1 is 1.06 bits per heavy atom. The summed E-state index contributed by atoms with van der Waals surface area (Å²) in [5.41, 5.74) is 3.32. The van der Waals surface area contributed by atoms with Crippen LogP contribution in [-0.4, -0.2) is 44.5 Å². The van der Waals surface area contributed by atoms with E-state index in [4.69, 9.17) is 0 Å². The van der Waals surface area contributed by atoms with Crippen molar-refractivity contribution in [2.24, 2.45) is 4.99 Å². The Bertz CT molecular complexity index is 1020. The molecule has 0 unspecified atom stereocenters. The largest absolute Gasteiger partial charge is 0.357 e. The monoisotopic (exact) mass is 533 g/mol. The number of carbonyl (C=O) groups is 1. The third-order valence-electron chi connectivity index (χ3n) is 5.16. The van der Waals surface area contributed by atoms with Crippen LogP contribution in [-0.2, 0) is 24.4 Å². The van der Waals surface area contributed by atoms with Crippen LogP contribution < -0.4 is 10.6 Å². The van der Waals surface area contributed by atoms with E-state index < -0.39 is 0 Å². The maximum absolute atomic E-state index is 12.5. The van der Waals surface area contributed by atoms with Gasteiger partial charge in [-0.1, -0.05) is 30.3 Å². The molecule has 1 amide bonds. The molecule has 0 saturated carbocycles. The Balaban J connectivity index is 0.00000272. The number of hydrogen-bond acceptors (Lipinski definition) is 4. The predicted molar refractivity (Wildman–Crippen MR) is 131 cm³/mol. The van der Waals surface area contributed by atoms with E-state index in [0.29, 0.717) is 25.5 Å². The van der Waals surface area contributed by atoms with Crippen LogP contribution in [0.25, 0.3) is 5.65 Å². The summed E-state index contributed by atoms with van der Waals surface area (Å²) >= 11 is 0. The molecule has 3 heterocycles. The Morgan fingerprint density at radius 3 is 2.55 bits per heavy atom. The molecule has 164 valence electrons. The lowest BCUT2D eigenvalue weighted by Gasteiger charge is -2.16. The Kier molecular flexibility index (Phi) is 8.21. The van der Waals surface area contributed by atoms with Crippen LogP contribution in [0.15, 0.2) is 53.7 Å². The van der Waals surface area contributed by atoms with E-state index in [1.807, 2.05) is 52.8 Å². The summed E-state index contributed by atoms with van der Waals surface area (Å²) in [6.45, 7) is 5.33. The lowest BCUT2D eigenvalue weighted by atomic mass is 10.1. The van der Waals surface area contributed by atoms with Gasteiger partial charge in [-0.3, -0.25) is 9.20 Å². The topological polar surface area (TPSA) is 86.9 Å². The quantitative estimate of drug-likeness (QED) is 0.211. The minimum Gasteiger partial charge on any atom is -0.357 e.